The molecule has 1 aliphatic carbocycles. The van der Waals surface area contributed by atoms with Crippen molar-refractivity contribution in [2.45, 2.75) is 19.4 Å². The summed E-state index contributed by atoms with van der Waals surface area (Å²) in [6.07, 6.45) is 9.03. The molecule has 0 bridgehead atoms. The number of nitrogens with zero attached hydrogens (tertiary/aromatic N) is 2. The summed E-state index contributed by atoms with van der Waals surface area (Å²) in [6.45, 7) is 1.31. The number of halogens is 1. The lowest BCUT2D eigenvalue weighted by atomic mass is 9.86. The van der Waals surface area contributed by atoms with Crippen LogP contribution in [0.2, 0.25) is 0 Å². The Labute approximate surface area is 166 Å². The molecule has 0 N–H and O–H groups in total. The zero-order chi connectivity index (χ0) is 18.6. The van der Waals surface area contributed by atoms with Crippen molar-refractivity contribution in [2.24, 2.45) is 0 Å². The molecule has 0 unspecified atom stereocenters. The van der Waals surface area contributed by atoms with Crippen LogP contribution >= 0.6 is 15.9 Å². The lowest BCUT2D eigenvalue weighted by Crippen LogP contribution is -2.14. The summed E-state index contributed by atoms with van der Waals surface area (Å²) >= 11 is 3.44. The fourth-order valence-corrected chi connectivity index (χ4v) is 3.49. The largest absolute Gasteiger partial charge is 0.492 e. The van der Waals surface area contributed by atoms with Gasteiger partial charge in [-0.25, -0.2) is 4.98 Å². The van der Waals surface area contributed by atoms with Gasteiger partial charge in [0.15, 0.2) is 5.78 Å². The van der Waals surface area contributed by atoms with Crippen molar-refractivity contribution < 1.29 is 9.53 Å². The Morgan fingerprint density at radius 3 is 2.78 bits per heavy atom. The second-order valence-electron chi connectivity index (χ2n) is 6.52. The predicted octanol–water partition coefficient (Wildman–Crippen LogP) is 4.94. The van der Waals surface area contributed by atoms with Crippen LogP contribution < -0.4 is 4.74 Å². The van der Waals surface area contributed by atoms with E-state index in [1.165, 1.54) is 0 Å². The maximum Gasteiger partial charge on any atom is 0.189 e. The number of carbonyl (C=O) groups is 1. The van der Waals surface area contributed by atoms with Crippen molar-refractivity contribution in [1.29, 1.82) is 0 Å². The highest BCUT2D eigenvalue weighted by molar-refractivity contribution is 9.10. The summed E-state index contributed by atoms with van der Waals surface area (Å²) in [4.78, 5) is 16.9. The first kappa shape index (κ1) is 17.7. The van der Waals surface area contributed by atoms with Crippen molar-refractivity contribution >= 4 is 27.8 Å². The Morgan fingerprint density at radius 1 is 1.15 bits per heavy atom. The molecule has 0 radical (unpaired) electrons. The van der Waals surface area contributed by atoms with Gasteiger partial charge in [0, 0.05) is 28.0 Å². The minimum atomic E-state index is 0.115. The first-order valence-corrected chi connectivity index (χ1v) is 9.71. The molecule has 27 heavy (non-hydrogen) atoms. The zero-order valence-corrected chi connectivity index (χ0v) is 16.4. The number of carbonyl (C=O) groups excluding carboxylic acids is 1. The van der Waals surface area contributed by atoms with Crippen LogP contribution in [0.1, 0.15) is 27.9 Å². The number of fused-ring (bicyclic) bond motifs is 1. The average molecular weight is 423 g/mol. The van der Waals surface area contributed by atoms with Gasteiger partial charge in [-0.15, -0.1) is 0 Å². The van der Waals surface area contributed by atoms with Gasteiger partial charge in [0.05, 0.1) is 12.9 Å². The molecule has 5 heteroatoms. The highest BCUT2D eigenvalue weighted by atomic mass is 79.9. The molecule has 0 amide bonds. The van der Waals surface area contributed by atoms with Crippen LogP contribution in [0, 0.1) is 0 Å². The molecule has 2 aromatic carbocycles. The zero-order valence-electron chi connectivity index (χ0n) is 14.8. The summed E-state index contributed by atoms with van der Waals surface area (Å²) in [5, 5.41) is 0. The number of ketones is 1. The maximum absolute atomic E-state index is 12.8. The summed E-state index contributed by atoms with van der Waals surface area (Å²) in [5.74, 6) is 0.922. The van der Waals surface area contributed by atoms with Gasteiger partial charge >= 0.3 is 0 Å². The lowest BCUT2D eigenvalue weighted by Gasteiger charge is -2.19. The van der Waals surface area contributed by atoms with Crippen LogP contribution in [-0.2, 0) is 13.0 Å². The molecule has 0 atom stereocenters. The van der Waals surface area contributed by atoms with E-state index >= 15 is 0 Å². The minimum Gasteiger partial charge on any atom is -0.492 e. The average Bonchev–Trinajstić information content (AvgIpc) is 3.19. The second-order valence-corrected chi connectivity index (χ2v) is 7.43. The van der Waals surface area contributed by atoms with Gasteiger partial charge in [0.1, 0.15) is 12.4 Å². The number of allylic oxidation sites excluding steroid dienone is 1. The molecule has 1 aliphatic rings. The summed E-state index contributed by atoms with van der Waals surface area (Å²) in [7, 11) is 0. The number of hydrogen-bond donors (Lipinski definition) is 0. The van der Waals surface area contributed by atoms with Gasteiger partial charge in [-0.1, -0.05) is 28.1 Å². The third-order valence-corrected chi connectivity index (χ3v) is 5.19. The minimum absolute atomic E-state index is 0.115. The number of rotatable bonds is 5. The van der Waals surface area contributed by atoms with Crippen LogP contribution in [-0.4, -0.2) is 21.9 Å². The fourth-order valence-electron chi connectivity index (χ4n) is 3.23. The first-order chi connectivity index (χ1) is 13.2. The van der Waals surface area contributed by atoms with Crippen molar-refractivity contribution in [1.82, 2.24) is 9.55 Å². The van der Waals surface area contributed by atoms with Crippen LogP contribution in [0.3, 0.4) is 0 Å². The monoisotopic (exact) mass is 422 g/mol. The molecule has 0 aliphatic heterocycles. The molecule has 1 aromatic heterocycles. The Morgan fingerprint density at radius 2 is 2.00 bits per heavy atom. The summed E-state index contributed by atoms with van der Waals surface area (Å²) < 4.78 is 8.84. The van der Waals surface area contributed by atoms with E-state index in [0.29, 0.717) is 6.61 Å². The highest BCUT2D eigenvalue weighted by Gasteiger charge is 2.22. The van der Waals surface area contributed by atoms with Crippen LogP contribution in [0.15, 0.2) is 71.2 Å². The van der Waals surface area contributed by atoms with E-state index in [1.54, 1.807) is 12.5 Å². The Balaban J connectivity index is 1.46. The van der Waals surface area contributed by atoms with Crippen LogP contribution in [0.4, 0.5) is 0 Å². The van der Waals surface area contributed by atoms with E-state index in [0.717, 1.165) is 51.9 Å². The topological polar surface area (TPSA) is 44.1 Å². The van der Waals surface area contributed by atoms with E-state index < -0.39 is 0 Å². The normalized spacial score (nSPS) is 15.0. The maximum atomic E-state index is 12.8. The predicted molar refractivity (Wildman–Crippen MR) is 109 cm³/mol. The van der Waals surface area contributed by atoms with E-state index in [1.807, 2.05) is 59.3 Å². The number of aryl methyl sites for hydroxylation is 1. The van der Waals surface area contributed by atoms with Crippen molar-refractivity contribution in [3.63, 3.8) is 0 Å². The Bertz CT molecular complexity index is 976. The molecule has 4 rings (SSSR count). The van der Waals surface area contributed by atoms with Crippen LogP contribution in [0.5, 0.6) is 5.75 Å². The van der Waals surface area contributed by atoms with Gasteiger partial charge in [0.2, 0.25) is 0 Å². The molecule has 0 fully saturated rings. The van der Waals surface area contributed by atoms with Gasteiger partial charge in [-0.2, -0.15) is 0 Å². The van der Waals surface area contributed by atoms with Gasteiger partial charge < -0.3 is 9.30 Å². The number of ether oxygens (including phenoxy) is 1. The highest BCUT2D eigenvalue weighted by Crippen LogP contribution is 2.29. The molecule has 136 valence electrons. The molecule has 4 nitrogen and oxygen atoms in total. The fraction of sp³-hybridized carbons (Fsp3) is 0.182. The molecule has 0 saturated carbocycles. The van der Waals surface area contributed by atoms with E-state index in [2.05, 4.69) is 20.9 Å². The molecule has 1 heterocycles. The number of benzene rings is 2. The Hall–Kier alpha value is -2.66. The molecular weight excluding hydrogens is 404 g/mol. The van der Waals surface area contributed by atoms with Crippen LogP contribution in [0.25, 0.3) is 6.08 Å². The molecule has 3 aromatic rings. The van der Waals surface area contributed by atoms with Crippen molar-refractivity contribution in [3.8, 4) is 5.75 Å². The first-order valence-electron chi connectivity index (χ1n) is 8.91. The summed E-state index contributed by atoms with van der Waals surface area (Å²) in [5.41, 5.74) is 3.75. The number of imidazole rings is 1. The van der Waals surface area contributed by atoms with Crippen molar-refractivity contribution in [3.05, 3.63) is 87.9 Å². The Kier molecular flexibility index (Phi) is 5.21. The third-order valence-electron chi connectivity index (χ3n) is 4.66. The van der Waals surface area contributed by atoms with Gasteiger partial charge in [-0.05, 0) is 60.4 Å². The SMILES string of the molecule is O=C1/C(=C\c2ccc(Br)cc2)CCc2cc(OCCn3ccnc3)ccc21. The van der Waals surface area contributed by atoms with Gasteiger partial charge in [-0.3, -0.25) is 4.79 Å². The van der Waals surface area contributed by atoms with E-state index in [9.17, 15) is 4.79 Å². The number of Topliss-reactive ketones (excluding diaryl/α,β-unsaturated/α-hetero) is 1. The standard InChI is InChI=1S/C22H19BrN2O2/c23-19-5-1-16(2-6-19)13-18-4-3-17-14-20(7-8-21(17)22(18)26)27-12-11-25-10-9-24-15-25/h1-2,5-10,13-15H,3-4,11-12H2/b18-13-. The van der Waals surface area contributed by atoms with Gasteiger partial charge in [0.25, 0.3) is 0 Å². The molecule has 0 saturated heterocycles. The van der Waals surface area contributed by atoms with E-state index in [4.69, 9.17) is 4.74 Å². The third kappa shape index (κ3) is 4.19. The summed E-state index contributed by atoms with van der Waals surface area (Å²) in [6, 6.07) is 13.8. The quantitative estimate of drug-likeness (QED) is 0.547. The van der Waals surface area contributed by atoms with E-state index in [-0.39, 0.29) is 5.78 Å². The number of hydrogen-bond acceptors (Lipinski definition) is 3. The van der Waals surface area contributed by atoms with Crippen molar-refractivity contribution in [2.75, 3.05) is 6.61 Å². The molecular formula is C22H19BrN2O2. The smallest absolute Gasteiger partial charge is 0.189 e. The second kappa shape index (κ2) is 7.92. The lowest BCUT2D eigenvalue weighted by molar-refractivity contribution is 0.102. The molecule has 0 spiro atoms. The number of aromatic nitrogens is 2.